The lowest BCUT2D eigenvalue weighted by Crippen LogP contribution is -2.31. The summed E-state index contributed by atoms with van der Waals surface area (Å²) in [5, 5.41) is 1.75. The van der Waals surface area contributed by atoms with Crippen LogP contribution in [-0.2, 0) is 14.6 Å². The first-order valence-corrected chi connectivity index (χ1v) is 9.08. The maximum Gasteiger partial charge on any atom is 0.219 e. The first-order valence-electron chi connectivity index (χ1n) is 7.53. The largest absolute Gasteiger partial charge is 0.497 e. The van der Waals surface area contributed by atoms with Gasteiger partial charge in [0.05, 0.1) is 12.0 Å². The molecule has 0 fully saturated rings. The molecule has 0 saturated heterocycles. The number of hydrogen-bond donors (Lipinski definition) is 1. The van der Waals surface area contributed by atoms with Crippen molar-refractivity contribution >= 4 is 15.7 Å². The van der Waals surface area contributed by atoms with Crippen molar-refractivity contribution in [3.8, 4) is 5.75 Å². The van der Waals surface area contributed by atoms with E-state index in [1.807, 2.05) is 0 Å². The third-order valence-electron chi connectivity index (χ3n) is 3.62. The van der Waals surface area contributed by atoms with Crippen LogP contribution in [0.4, 0.5) is 0 Å². The molecule has 24 heavy (non-hydrogen) atoms. The molecule has 1 amide bonds. The van der Waals surface area contributed by atoms with E-state index >= 15 is 0 Å². The zero-order valence-electron chi connectivity index (χ0n) is 13.6. The second kappa shape index (κ2) is 7.92. The fraction of sp³-hybridized carbons (Fsp3) is 0.294. The number of pyridine rings is 1. The number of carbonyl (C=O) groups excluding carboxylic acids is 1. The predicted octanol–water partition coefficient (Wildman–Crippen LogP) is 2.13. The Hall–Kier alpha value is -2.41. The summed E-state index contributed by atoms with van der Waals surface area (Å²) in [7, 11) is -2.18. The lowest BCUT2D eigenvalue weighted by Gasteiger charge is -2.18. The maximum absolute atomic E-state index is 13.0. The van der Waals surface area contributed by atoms with Crippen molar-refractivity contribution in [3.05, 3.63) is 54.4 Å². The molecule has 0 radical (unpaired) electrons. The lowest BCUT2D eigenvalue weighted by atomic mass is 10.2. The van der Waals surface area contributed by atoms with E-state index in [2.05, 4.69) is 10.3 Å². The molecule has 0 aliphatic rings. The van der Waals surface area contributed by atoms with Crippen LogP contribution in [-0.4, -0.2) is 33.0 Å². The van der Waals surface area contributed by atoms with Crippen molar-refractivity contribution in [1.29, 1.82) is 0 Å². The van der Waals surface area contributed by atoms with Gasteiger partial charge >= 0.3 is 0 Å². The molecule has 7 heteroatoms. The number of nitrogens with zero attached hydrogens (tertiary/aromatic N) is 1. The number of sulfone groups is 1. The summed E-state index contributed by atoms with van der Waals surface area (Å²) < 4.78 is 31.1. The van der Waals surface area contributed by atoms with E-state index in [0.29, 0.717) is 17.7 Å². The van der Waals surface area contributed by atoms with Crippen LogP contribution < -0.4 is 10.1 Å². The van der Waals surface area contributed by atoms with Gasteiger partial charge in [-0.3, -0.25) is 9.78 Å². The molecular formula is C17H20N2O4S. The molecule has 1 unspecified atom stereocenters. The zero-order chi connectivity index (χ0) is 17.6. The summed E-state index contributed by atoms with van der Waals surface area (Å²) in [6, 6.07) is 9.55. The van der Waals surface area contributed by atoms with E-state index in [0.717, 1.165) is 0 Å². The van der Waals surface area contributed by atoms with Gasteiger partial charge in [0.15, 0.2) is 9.84 Å². The Balaban J connectivity index is 2.38. The predicted molar refractivity (Wildman–Crippen MR) is 90.5 cm³/mol. The number of nitrogens with one attached hydrogen (secondary N) is 1. The summed E-state index contributed by atoms with van der Waals surface area (Å²) >= 11 is 0. The number of rotatable bonds is 7. The van der Waals surface area contributed by atoms with E-state index in [1.165, 1.54) is 25.4 Å². The van der Waals surface area contributed by atoms with Crippen LogP contribution in [0.25, 0.3) is 0 Å². The highest BCUT2D eigenvalue weighted by Crippen LogP contribution is 2.29. The third kappa shape index (κ3) is 4.11. The normalized spacial score (nSPS) is 12.4. The summed E-state index contributed by atoms with van der Waals surface area (Å²) in [5.74, 6) is 0.375. The third-order valence-corrected chi connectivity index (χ3v) is 5.74. The Labute approximate surface area is 141 Å². The standard InChI is InChI=1S/C17H20N2O4S/c1-3-17(20)19-12-16(13-5-4-10-18-11-13)24(21,22)15-8-6-14(23-2)7-9-15/h4-11,16H,3,12H2,1-2H3,(H,19,20). The van der Waals surface area contributed by atoms with E-state index in [-0.39, 0.29) is 17.3 Å². The van der Waals surface area contributed by atoms with Crippen molar-refractivity contribution in [2.24, 2.45) is 0 Å². The smallest absolute Gasteiger partial charge is 0.219 e. The highest BCUT2D eigenvalue weighted by Gasteiger charge is 2.29. The first-order chi connectivity index (χ1) is 11.5. The van der Waals surface area contributed by atoms with Gasteiger partial charge in [0.25, 0.3) is 0 Å². The van der Waals surface area contributed by atoms with E-state index in [4.69, 9.17) is 4.74 Å². The Morgan fingerprint density at radius 1 is 1.25 bits per heavy atom. The van der Waals surface area contributed by atoms with Gasteiger partial charge in [-0.05, 0) is 35.9 Å². The molecule has 1 atom stereocenters. The minimum atomic E-state index is -3.69. The summed E-state index contributed by atoms with van der Waals surface area (Å²) in [5.41, 5.74) is 0.532. The average molecular weight is 348 g/mol. The molecule has 1 N–H and O–H groups in total. The molecule has 128 valence electrons. The van der Waals surface area contributed by atoms with Gasteiger partial charge in [0.1, 0.15) is 11.0 Å². The van der Waals surface area contributed by atoms with E-state index in [9.17, 15) is 13.2 Å². The molecule has 2 aromatic rings. The van der Waals surface area contributed by atoms with Gasteiger partial charge in [0.2, 0.25) is 5.91 Å². The van der Waals surface area contributed by atoms with Crippen LogP contribution in [0.1, 0.15) is 24.2 Å². The topological polar surface area (TPSA) is 85.4 Å². The second-order valence-corrected chi connectivity index (χ2v) is 7.28. The summed E-state index contributed by atoms with van der Waals surface area (Å²) in [6.07, 6.45) is 3.37. The molecule has 1 aromatic carbocycles. The first kappa shape index (κ1) is 17.9. The van der Waals surface area contributed by atoms with Crippen LogP contribution >= 0.6 is 0 Å². The van der Waals surface area contributed by atoms with Crippen LogP contribution in [0, 0.1) is 0 Å². The van der Waals surface area contributed by atoms with Gasteiger partial charge in [-0.2, -0.15) is 0 Å². The highest BCUT2D eigenvalue weighted by molar-refractivity contribution is 7.91. The van der Waals surface area contributed by atoms with E-state index in [1.54, 1.807) is 37.4 Å². The minimum absolute atomic E-state index is 0.00721. The highest BCUT2D eigenvalue weighted by atomic mass is 32.2. The lowest BCUT2D eigenvalue weighted by molar-refractivity contribution is -0.120. The Bertz CT molecular complexity index is 774. The zero-order valence-corrected chi connectivity index (χ0v) is 14.4. The summed E-state index contributed by atoms with van der Waals surface area (Å²) in [4.78, 5) is 15.7. The van der Waals surface area contributed by atoms with Gasteiger partial charge in [-0.25, -0.2) is 8.42 Å². The Morgan fingerprint density at radius 2 is 1.96 bits per heavy atom. The van der Waals surface area contributed by atoms with Gasteiger partial charge in [0, 0.05) is 25.4 Å². The fourth-order valence-corrected chi connectivity index (χ4v) is 3.88. The van der Waals surface area contributed by atoms with Crippen molar-refractivity contribution in [3.63, 3.8) is 0 Å². The number of hydrogen-bond acceptors (Lipinski definition) is 5. The molecule has 0 bridgehead atoms. The molecule has 6 nitrogen and oxygen atoms in total. The van der Waals surface area contributed by atoms with Gasteiger partial charge < -0.3 is 10.1 Å². The van der Waals surface area contributed by atoms with Crippen molar-refractivity contribution in [1.82, 2.24) is 10.3 Å². The van der Waals surface area contributed by atoms with Crippen molar-refractivity contribution < 1.29 is 17.9 Å². The molecule has 0 saturated carbocycles. The quantitative estimate of drug-likeness (QED) is 0.828. The Kier molecular flexibility index (Phi) is 5.92. The number of benzene rings is 1. The maximum atomic E-state index is 13.0. The molecular weight excluding hydrogens is 328 g/mol. The van der Waals surface area contributed by atoms with Crippen molar-refractivity contribution in [2.45, 2.75) is 23.5 Å². The molecule has 0 aliphatic carbocycles. The van der Waals surface area contributed by atoms with Crippen molar-refractivity contribution in [2.75, 3.05) is 13.7 Å². The number of methoxy groups -OCH3 is 1. The van der Waals surface area contributed by atoms with Gasteiger partial charge in [-0.15, -0.1) is 0 Å². The van der Waals surface area contributed by atoms with Crippen LogP contribution in [0.2, 0.25) is 0 Å². The van der Waals surface area contributed by atoms with Crippen LogP contribution in [0.5, 0.6) is 5.75 Å². The van der Waals surface area contributed by atoms with Crippen LogP contribution in [0.3, 0.4) is 0 Å². The number of carbonyl (C=O) groups is 1. The molecule has 0 spiro atoms. The van der Waals surface area contributed by atoms with Gasteiger partial charge in [-0.1, -0.05) is 13.0 Å². The average Bonchev–Trinajstić information content (AvgIpc) is 2.62. The SMILES string of the molecule is CCC(=O)NCC(c1cccnc1)S(=O)(=O)c1ccc(OC)cc1. The molecule has 1 aromatic heterocycles. The monoisotopic (exact) mass is 348 g/mol. The number of ether oxygens (including phenoxy) is 1. The van der Waals surface area contributed by atoms with Crippen LogP contribution in [0.15, 0.2) is 53.7 Å². The number of amides is 1. The molecule has 2 rings (SSSR count). The van der Waals surface area contributed by atoms with E-state index < -0.39 is 15.1 Å². The number of aromatic nitrogens is 1. The summed E-state index contributed by atoms with van der Waals surface area (Å²) in [6.45, 7) is 1.71. The minimum Gasteiger partial charge on any atom is -0.497 e. The fourth-order valence-electron chi connectivity index (χ4n) is 2.23. The Morgan fingerprint density at radius 3 is 2.50 bits per heavy atom. The molecule has 0 aliphatic heterocycles. The molecule has 1 heterocycles. The second-order valence-electron chi connectivity index (χ2n) is 5.15.